The number of carbonyl (C=O) groups is 1. The van der Waals surface area contributed by atoms with Gasteiger partial charge < -0.3 is 9.64 Å². The van der Waals surface area contributed by atoms with Crippen LogP contribution in [0.15, 0.2) is 24.3 Å². The molecule has 7 heteroatoms. The number of benzene rings is 1. The van der Waals surface area contributed by atoms with Gasteiger partial charge in [0.2, 0.25) is 10.0 Å². The van der Waals surface area contributed by atoms with E-state index < -0.39 is 16.1 Å². The smallest absolute Gasteiger partial charge is 0.255 e. The Bertz CT molecular complexity index is 684. The van der Waals surface area contributed by atoms with E-state index in [1.807, 2.05) is 0 Å². The lowest BCUT2D eigenvalue weighted by Crippen LogP contribution is -2.38. The standard InChI is InChI=1S/C18H28N2O4S/c1-14(24-3)13-25(22,23)19-17-12-8-7-11-16(17)18(21)20(2)15-9-5-4-6-10-15/h7-8,11-12,14-15,19H,4-6,9-10,13H2,1-3H3. The number of anilines is 1. The van der Waals surface area contributed by atoms with Crippen LogP contribution in [0.1, 0.15) is 49.4 Å². The monoisotopic (exact) mass is 368 g/mol. The first-order valence-corrected chi connectivity index (χ1v) is 10.4. The molecule has 1 aliphatic rings. The van der Waals surface area contributed by atoms with Crippen LogP contribution >= 0.6 is 0 Å². The van der Waals surface area contributed by atoms with Crippen LogP contribution in [-0.4, -0.2) is 51.3 Å². The van der Waals surface area contributed by atoms with Gasteiger partial charge >= 0.3 is 0 Å². The Balaban J connectivity index is 2.18. The molecule has 1 N–H and O–H groups in total. The molecule has 0 heterocycles. The summed E-state index contributed by atoms with van der Waals surface area (Å²) in [5.74, 6) is -0.310. The highest BCUT2D eigenvalue weighted by atomic mass is 32.2. The van der Waals surface area contributed by atoms with Gasteiger partial charge in [0.1, 0.15) is 0 Å². The van der Waals surface area contributed by atoms with Crippen molar-refractivity contribution in [2.75, 3.05) is 24.6 Å². The molecule has 1 aliphatic carbocycles. The van der Waals surface area contributed by atoms with Crippen molar-refractivity contribution in [1.29, 1.82) is 0 Å². The van der Waals surface area contributed by atoms with E-state index in [-0.39, 0.29) is 17.7 Å². The molecule has 25 heavy (non-hydrogen) atoms. The van der Waals surface area contributed by atoms with Gasteiger partial charge in [-0.15, -0.1) is 0 Å². The molecule has 0 spiro atoms. The van der Waals surface area contributed by atoms with E-state index >= 15 is 0 Å². The number of methoxy groups -OCH3 is 1. The van der Waals surface area contributed by atoms with Crippen molar-refractivity contribution in [2.45, 2.75) is 51.2 Å². The summed E-state index contributed by atoms with van der Waals surface area (Å²) in [5.41, 5.74) is 0.697. The third-order valence-electron chi connectivity index (χ3n) is 4.72. The van der Waals surface area contributed by atoms with Crippen molar-refractivity contribution >= 4 is 21.6 Å². The average Bonchev–Trinajstić information content (AvgIpc) is 2.60. The lowest BCUT2D eigenvalue weighted by molar-refractivity contribution is 0.0697. The largest absolute Gasteiger partial charge is 0.381 e. The highest BCUT2D eigenvalue weighted by Crippen LogP contribution is 2.25. The number of ether oxygens (including phenoxy) is 1. The molecular formula is C18H28N2O4S. The summed E-state index contributed by atoms with van der Waals surface area (Å²) in [7, 11) is -0.327. The van der Waals surface area contributed by atoms with E-state index in [9.17, 15) is 13.2 Å². The molecule has 1 aromatic rings. The Kier molecular flexibility index (Phi) is 6.84. The fourth-order valence-electron chi connectivity index (χ4n) is 3.17. The van der Waals surface area contributed by atoms with Crippen LogP contribution < -0.4 is 4.72 Å². The quantitative estimate of drug-likeness (QED) is 0.803. The third kappa shape index (κ3) is 5.44. The molecule has 0 aromatic heterocycles. The van der Waals surface area contributed by atoms with Crippen molar-refractivity contribution in [3.05, 3.63) is 29.8 Å². The minimum Gasteiger partial charge on any atom is -0.381 e. The second-order valence-corrected chi connectivity index (χ2v) is 8.45. The highest BCUT2D eigenvalue weighted by Gasteiger charge is 2.25. The van der Waals surface area contributed by atoms with E-state index in [0.717, 1.165) is 25.7 Å². The summed E-state index contributed by atoms with van der Waals surface area (Å²) < 4.78 is 32.2. The molecule has 2 rings (SSSR count). The fraction of sp³-hybridized carbons (Fsp3) is 0.611. The Hall–Kier alpha value is -1.60. The summed E-state index contributed by atoms with van der Waals surface area (Å²) >= 11 is 0. The van der Waals surface area contributed by atoms with Crippen LogP contribution in [0.3, 0.4) is 0 Å². The first kappa shape index (κ1) is 19.7. The van der Waals surface area contributed by atoms with E-state index in [0.29, 0.717) is 11.3 Å². The predicted molar refractivity (Wildman–Crippen MR) is 99.3 cm³/mol. The number of amides is 1. The van der Waals surface area contributed by atoms with Crippen molar-refractivity contribution < 1.29 is 17.9 Å². The number of carbonyl (C=O) groups excluding carboxylic acids is 1. The Labute approximate surface area is 150 Å². The van der Waals surface area contributed by atoms with Gasteiger partial charge in [-0.05, 0) is 31.9 Å². The number of sulfonamides is 1. The van der Waals surface area contributed by atoms with Crippen molar-refractivity contribution in [3.8, 4) is 0 Å². The summed E-state index contributed by atoms with van der Waals surface area (Å²) in [6.07, 6.45) is 5.05. The zero-order chi connectivity index (χ0) is 18.4. The second kappa shape index (κ2) is 8.67. The minimum absolute atomic E-state index is 0.148. The van der Waals surface area contributed by atoms with Gasteiger partial charge in [-0.2, -0.15) is 0 Å². The fourth-order valence-corrected chi connectivity index (χ4v) is 4.52. The van der Waals surface area contributed by atoms with Crippen LogP contribution in [0.4, 0.5) is 5.69 Å². The molecule has 0 aliphatic heterocycles. The zero-order valence-electron chi connectivity index (χ0n) is 15.2. The lowest BCUT2D eigenvalue weighted by atomic mass is 9.94. The molecule has 140 valence electrons. The molecule has 0 bridgehead atoms. The number of hydrogen-bond donors (Lipinski definition) is 1. The summed E-state index contributed by atoms with van der Waals surface area (Å²) in [4.78, 5) is 14.6. The number of para-hydroxylation sites is 1. The third-order valence-corrected chi connectivity index (χ3v) is 6.16. The van der Waals surface area contributed by atoms with Crippen LogP contribution in [0.2, 0.25) is 0 Å². The SMILES string of the molecule is COC(C)CS(=O)(=O)Nc1ccccc1C(=O)N(C)C1CCCCC1. The van der Waals surface area contributed by atoms with Crippen LogP contribution in [0.25, 0.3) is 0 Å². The number of nitrogens with zero attached hydrogens (tertiary/aromatic N) is 1. The average molecular weight is 368 g/mol. The minimum atomic E-state index is -3.60. The van der Waals surface area contributed by atoms with Gasteiger partial charge in [0.25, 0.3) is 5.91 Å². The first-order chi connectivity index (χ1) is 11.8. The molecule has 1 unspecified atom stereocenters. The Morgan fingerprint density at radius 1 is 1.28 bits per heavy atom. The van der Waals surface area contributed by atoms with Gasteiger partial charge in [-0.3, -0.25) is 9.52 Å². The molecule has 6 nitrogen and oxygen atoms in total. The molecule has 0 radical (unpaired) electrons. The van der Waals surface area contributed by atoms with Gasteiger partial charge in [-0.25, -0.2) is 8.42 Å². The zero-order valence-corrected chi connectivity index (χ0v) is 16.0. The lowest BCUT2D eigenvalue weighted by Gasteiger charge is -2.31. The topological polar surface area (TPSA) is 75.7 Å². The molecule has 1 fully saturated rings. The van der Waals surface area contributed by atoms with E-state index in [2.05, 4.69) is 4.72 Å². The maximum atomic E-state index is 12.9. The number of nitrogens with one attached hydrogen (secondary N) is 1. The van der Waals surface area contributed by atoms with Crippen LogP contribution in [0.5, 0.6) is 0 Å². The Morgan fingerprint density at radius 2 is 1.92 bits per heavy atom. The van der Waals surface area contributed by atoms with E-state index in [4.69, 9.17) is 4.74 Å². The van der Waals surface area contributed by atoms with Crippen molar-refractivity contribution in [2.24, 2.45) is 0 Å². The highest BCUT2D eigenvalue weighted by molar-refractivity contribution is 7.92. The van der Waals surface area contributed by atoms with Gasteiger partial charge in [0, 0.05) is 20.2 Å². The first-order valence-electron chi connectivity index (χ1n) is 8.73. The van der Waals surface area contributed by atoms with Gasteiger partial charge in [0.05, 0.1) is 23.1 Å². The molecule has 1 aromatic carbocycles. The molecule has 1 atom stereocenters. The molecule has 1 amide bonds. The summed E-state index contributed by atoms with van der Waals surface area (Å²) in [6.45, 7) is 1.69. The van der Waals surface area contributed by atoms with Crippen LogP contribution in [-0.2, 0) is 14.8 Å². The molecular weight excluding hydrogens is 340 g/mol. The Morgan fingerprint density at radius 3 is 2.56 bits per heavy atom. The van der Waals surface area contributed by atoms with Gasteiger partial charge in [-0.1, -0.05) is 31.4 Å². The van der Waals surface area contributed by atoms with E-state index in [1.165, 1.54) is 13.5 Å². The summed E-state index contributed by atoms with van der Waals surface area (Å²) in [6, 6.07) is 6.97. The predicted octanol–water partition coefficient (Wildman–Crippen LogP) is 2.87. The van der Waals surface area contributed by atoms with Crippen molar-refractivity contribution in [1.82, 2.24) is 4.90 Å². The number of hydrogen-bond acceptors (Lipinski definition) is 4. The van der Waals surface area contributed by atoms with Crippen LogP contribution in [0, 0.1) is 0 Å². The maximum Gasteiger partial charge on any atom is 0.255 e. The van der Waals surface area contributed by atoms with E-state index in [1.54, 1.807) is 43.1 Å². The maximum absolute atomic E-state index is 12.9. The van der Waals surface area contributed by atoms with Gasteiger partial charge in [0.15, 0.2) is 0 Å². The normalized spacial score (nSPS) is 17.1. The molecule has 1 saturated carbocycles. The number of rotatable bonds is 7. The molecule has 0 saturated heterocycles. The second-order valence-electron chi connectivity index (χ2n) is 6.68. The van der Waals surface area contributed by atoms with Crippen molar-refractivity contribution in [3.63, 3.8) is 0 Å². The summed E-state index contributed by atoms with van der Waals surface area (Å²) in [5, 5.41) is 0.